The third kappa shape index (κ3) is 5.82. The first-order valence-electron chi connectivity index (χ1n) is 10.4. The number of ether oxygens (including phenoxy) is 1. The van der Waals surface area contributed by atoms with Crippen molar-refractivity contribution >= 4 is 40.9 Å². The molecule has 0 unspecified atom stereocenters. The van der Waals surface area contributed by atoms with Crippen molar-refractivity contribution in [1.29, 1.82) is 0 Å². The fourth-order valence-electron chi connectivity index (χ4n) is 3.40. The lowest BCUT2D eigenvalue weighted by atomic mass is 10.2. The standard InChI is InChI=1S/C23H23N3O5S2/c1-16-24-17(14-32-16)15-33-20-7-3-2-5-18(20)23(29)31-13-21(27)25-8-10-26(11-9-25)22(28)19-6-4-12-30-19/h2-7,12,14H,8-11,13,15H2,1H3. The van der Waals surface area contributed by atoms with Crippen LogP contribution in [0.25, 0.3) is 0 Å². The highest BCUT2D eigenvalue weighted by Gasteiger charge is 2.26. The highest BCUT2D eigenvalue weighted by molar-refractivity contribution is 7.98. The highest BCUT2D eigenvalue weighted by atomic mass is 32.2. The molecule has 0 spiro atoms. The summed E-state index contributed by atoms with van der Waals surface area (Å²) in [6, 6.07) is 10.5. The fourth-order valence-corrected chi connectivity index (χ4v) is 5.05. The summed E-state index contributed by atoms with van der Waals surface area (Å²) in [6.07, 6.45) is 1.46. The number of esters is 1. The van der Waals surface area contributed by atoms with Crippen LogP contribution in [0.4, 0.5) is 0 Å². The monoisotopic (exact) mass is 485 g/mol. The van der Waals surface area contributed by atoms with Gasteiger partial charge in [-0.1, -0.05) is 12.1 Å². The zero-order valence-electron chi connectivity index (χ0n) is 18.1. The normalized spacial score (nSPS) is 13.7. The van der Waals surface area contributed by atoms with Gasteiger partial charge in [0.2, 0.25) is 0 Å². The van der Waals surface area contributed by atoms with E-state index in [4.69, 9.17) is 9.15 Å². The van der Waals surface area contributed by atoms with Crippen LogP contribution in [0.1, 0.15) is 31.6 Å². The van der Waals surface area contributed by atoms with E-state index in [-0.39, 0.29) is 24.2 Å². The Morgan fingerprint density at radius 3 is 2.55 bits per heavy atom. The number of thiazole rings is 1. The van der Waals surface area contributed by atoms with Crippen LogP contribution in [0.3, 0.4) is 0 Å². The van der Waals surface area contributed by atoms with Crippen LogP contribution in [0.15, 0.2) is 57.4 Å². The zero-order valence-corrected chi connectivity index (χ0v) is 19.7. The lowest BCUT2D eigenvalue weighted by Gasteiger charge is -2.34. The molecule has 0 bridgehead atoms. The van der Waals surface area contributed by atoms with Gasteiger partial charge in [0.1, 0.15) is 0 Å². The topological polar surface area (TPSA) is 93.0 Å². The zero-order chi connectivity index (χ0) is 23.2. The van der Waals surface area contributed by atoms with Crippen LogP contribution in [-0.2, 0) is 15.3 Å². The number of aromatic nitrogens is 1. The number of thioether (sulfide) groups is 1. The fraction of sp³-hybridized carbons (Fsp3) is 0.304. The average molecular weight is 486 g/mol. The molecule has 3 aromatic rings. The van der Waals surface area contributed by atoms with Gasteiger partial charge >= 0.3 is 5.97 Å². The molecule has 0 saturated carbocycles. The summed E-state index contributed by atoms with van der Waals surface area (Å²) in [5, 5.41) is 3.01. The number of piperazine rings is 1. The summed E-state index contributed by atoms with van der Waals surface area (Å²) in [5.74, 6) is -0.0798. The number of hydrogen-bond acceptors (Lipinski definition) is 8. The molecule has 3 heterocycles. The predicted molar refractivity (Wildman–Crippen MR) is 124 cm³/mol. The lowest BCUT2D eigenvalue weighted by molar-refractivity contribution is -0.136. The van der Waals surface area contributed by atoms with Gasteiger partial charge in [-0.2, -0.15) is 0 Å². The molecule has 2 aromatic heterocycles. The Hall–Kier alpha value is -3.11. The largest absolute Gasteiger partial charge is 0.459 e. The smallest absolute Gasteiger partial charge is 0.339 e. The van der Waals surface area contributed by atoms with E-state index in [0.717, 1.165) is 15.6 Å². The first-order valence-corrected chi connectivity index (χ1v) is 12.3. The third-order valence-corrected chi connectivity index (χ3v) is 7.06. The maximum atomic E-state index is 12.7. The summed E-state index contributed by atoms with van der Waals surface area (Å²) in [5.41, 5.74) is 1.39. The van der Waals surface area contributed by atoms with Crippen molar-refractivity contribution in [2.45, 2.75) is 17.6 Å². The average Bonchev–Trinajstić information content (AvgIpc) is 3.53. The number of furan rings is 1. The predicted octanol–water partition coefficient (Wildman–Crippen LogP) is 3.48. The van der Waals surface area contributed by atoms with Gasteiger partial charge in [0.15, 0.2) is 12.4 Å². The second kappa shape index (κ2) is 10.7. The van der Waals surface area contributed by atoms with Crippen molar-refractivity contribution in [2.24, 2.45) is 0 Å². The second-order valence-corrected chi connectivity index (χ2v) is 9.45. The highest BCUT2D eigenvalue weighted by Crippen LogP contribution is 2.27. The molecule has 33 heavy (non-hydrogen) atoms. The Morgan fingerprint density at radius 2 is 1.85 bits per heavy atom. The van der Waals surface area contributed by atoms with Gasteiger partial charge in [0.25, 0.3) is 11.8 Å². The van der Waals surface area contributed by atoms with E-state index < -0.39 is 5.97 Å². The van der Waals surface area contributed by atoms with E-state index in [1.54, 1.807) is 45.4 Å². The summed E-state index contributed by atoms with van der Waals surface area (Å²) >= 11 is 3.10. The minimum atomic E-state index is -0.535. The summed E-state index contributed by atoms with van der Waals surface area (Å²) in [7, 11) is 0. The first-order chi connectivity index (χ1) is 16.0. The molecule has 1 saturated heterocycles. The molecule has 1 fully saturated rings. The maximum absolute atomic E-state index is 12.7. The van der Waals surface area contributed by atoms with Crippen LogP contribution in [0.2, 0.25) is 0 Å². The van der Waals surface area contributed by atoms with Gasteiger partial charge in [-0.25, -0.2) is 9.78 Å². The number of nitrogens with zero attached hydrogens (tertiary/aromatic N) is 3. The Bertz CT molecular complexity index is 1120. The van der Waals surface area contributed by atoms with E-state index >= 15 is 0 Å². The van der Waals surface area contributed by atoms with Crippen molar-refractivity contribution in [2.75, 3.05) is 32.8 Å². The molecule has 1 aromatic carbocycles. The second-order valence-electron chi connectivity index (χ2n) is 7.37. The van der Waals surface area contributed by atoms with E-state index in [9.17, 15) is 14.4 Å². The van der Waals surface area contributed by atoms with Crippen LogP contribution < -0.4 is 0 Å². The van der Waals surface area contributed by atoms with Gasteiger partial charge in [-0.15, -0.1) is 23.1 Å². The molecular weight excluding hydrogens is 462 g/mol. The Labute approximate surface area is 199 Å². The number of carbonyl (C=O) groups excluding carboxylic acids is 3. The van der Waals surface area contributed by atoms with E-state index in [0.29, 0.717) is 37.5 Å². The molecule has 2 amide bonds. The number of hydrogen-bond donors (Lipinski definition) is 0. The number of aryl methyl sites for hydroxylation is 1. The quantitative estimate of drug-likeness (QED) is 0.374. The molecular formula is C23H23N3O5S2. The van der Waals surface area contributed by atoms with Crippen LogP contribution in [0, 0.1) is 6.92 Å². The van der Waals surface area contributed by atoms with E-state index in [2.05, 4.69) is 4.98 Å². The van der Waals surface area contributed by atoms with E-state index in [1.807, 2.05) is 24.4 Å². The summed E-state index contributed by atoms with van der Waals surface area (Å²) in [6.45, 7) is 3.17. The third-order valence-electron chi connectivity index (χ3n) is 5.13. The molecule has 0 N–H and O–H groups in total. The molecule has 0 radical (unpaired) electrons. The molecule has 4 rings (SSSR count). The minimum Gasteiger partial charge on any atom is -0.459 e. The number of benzene rings is 1. The number of amides is 2. The molecule has 1 aliphatic rings. The molecule has 0 aliphatic carbocycles. The SMILES string of the molecule is Cc1nc(CSc2ccccc2C(=O)OCC(=O)N2CCN(C(=O)c3ccco3)CC2)cs1. The van der Waals surface area contributed by atoms with Crippen molar-refractivity contribution < 1.29 is 23.5 Å². The lowest BCUT2D eigenvalue weighted by Crippen LogP contribution is -2.51. The number of carbonyl (C=O) groups is 3. The molecule has 10 heteroatoms. The Balaban J connectivity index is 1.27. The minimum absolute atomic E-state index is 0.194. The van der Waals surface area contributed by atoms with E-state index in [1.165, 1.54) is 18.0 Å². The summed E-state index contributed by atoms with van der Waals surface area (Å²) < 4.78 is 10.5. The van der Waals surface area contributed by atoms with Crippen molar-refractivity contribution in [3.63, 3.8) is 0 Å². The van der Waals surface area contributed by atoms with Crippen LogP contribution >= 0.6 is 23.1 Å². The number of rotatable bonds is 7. The van der Waals surface area contributed by atoms with Crippen LogP contribution in [-0.4, -0.2) is 65.4 Å². The first kappa shape index (κ1) is 23.1. The van der Waals surface area contributed by atoms with Gasteiger partial charge in [-0.05, 0) is 31.2 Å². The van der Waals surface area contributed by atoms with Gasteiger partial charge in [-0.3, -0.25) is 9.59 Å². The van der Waals surface area contributed by atoms with Crippen molar-refractivity contribution in [3.05, 3.63) is 70.1 Å². The molecule has 0 atom stereocenters. The molecule has 172 valence electrons. The van der Waals surface area contributed by atoms with Gasteiger partial charge in [0.05, 0.1) is 22.5 Å². The Kier molecular flexibility index (Phi) is 7.46. The van der Waals surface area contributed by atoms with Crippen molar-refractivity contribution in [3.8, 4) is 0 Å². The van der Waals surface area contributed by atoms with Gasteiger partial charge in [0, 0.05) is 42.2 Å². The Morgan fingerprint density at radius 1 is 1.09 bits per heavy atom. The van der Waals surface area contributed by atoms with Crippen LogP contribution in [0.5, 0.6) is 0 Å². The molecule has 1 aliphatic heterocycles. The maximum Gasteiger partial charge on any atom is 0.339 e. The van der Waals surface area contributed by atoms with Gasteiger partial charge < -0.3 is 19.0 Å². The van der Waals surface area contributed by atoms with Crippen molar-refractivity contribution in [1.82, 2.24) is 14.8 Å². The molecule has 8 nitrogen and oxygen atoms in total. The summed E-state index contributed by atoms with van der Waals surface area (Å²) in [4.78, 5) is 46.0.